The van der Waals surface area contributed by atoms with E-state index in [1.54, 1.807) is 6.20 Å². The molecule has 0 aliphatic carbocycles. The summed E-state index contributed by atoms with van der Waals surface area (Å²) in [5.74, 6) is 0.966. The first-order valence-corrected chi connectivity index (χ1v) is 7.75. The Labute approximate surface area is 130 Å². The standard InChI is InChI=1S/C17H21N5/c1-3-7-15(19-13(2)14-8-6-10-18-12-14)17-21-20-16-9-4-5-11-22(16)17/h4-6,8-13,15,19H,3,7H2,1-2H3. The van der Waals surface area contributed by atoms with Crippen molar-refractivity contribution in [3.8, 4) is 0 Å². The smallest absolute Gasteiger partial charge is 0.160 e. The van der Waals surface area contributed by atoms with Crippen LogP contribution in [0.4, 0.5) is 0 Å². The van der Waals surface area contributed by atoms with Crippen molar-refractivity contribution >= 4 is 5.65 Å². The van der Waals surface area contributed by atoms with Gasteiger partial charge in [-0.15, -0.1) is 10.2 Å². The third-order valence-electron chi connectivity index (χ3n) is 3.86. The van der Waals surface area contributed by atoms with Gasteiger partial charge in [-0.3, -0.25) is 9.38 Å². The molecule has 3 rings (SSSR count). The number of aromatic nitrogens is 4. The maximum atomic E-state index is 4.40. The molecular weight excluding hydrogens is 274 g/mol. The van der Waals surface area contributed by atoms with Gasteiger partial charge in [0.15, 0.2) is 11.5 Å². The van der Waals surface area contributed by atoms with Crippen molar-refractivity contribution in [2.75, 3.05) is 0 Å². The van der Waals surface area contributed by atoms with Gasteiger partial charge >= 0.3 is 0 Å². The molecule has 0 spiro atoms. The SMILES string of the molecule is CCCC(NC(C)c1cccnc1)c1nnc2ccccn12. The van der Waals surface area contributed by atoms with E-state index < -0.39 is 0 Å². The third-order valence-corrected chi connectivity index (χ3v) is 3.86. The number of nitrogens with one attached hydrogen (secondary N) is 1. The van der Waals surface area contributed by atoms with Crippen LogP contribution in [0.5, 0.6) is 0 Å². The first-order chi connectivity index (χ1) is 10.8. The molecule has 0 saturated carbocycles. The second-order valence-electron chi connectivity index (χ2n) is 5.50. The zero-order valence-electron chi connectivity index (χ0n) is 13.0. The van der Waals surface area contributed by atoms with E-state index in [2.05, 4.69) is 44.8 Å². The van der Waals surface area contributed by atoms with Gasteiger partial charge in [0.25, 0.3) is 0 Å². The summed E-state index contributed by atoms with van der Waals surface area (Å²) in [4.78, 5) is 4.20. The molecule has 22 heavy (non-hydrogen) atoms. The summed E-state index contributed by atoms with van der Waals surface area (Å²) in [6.45, 7) is 4.34. The summed E-state index contributed by atoms with van der Waals surface area (Å²) in [6, 6.07) is 10.4. The molecule has 2 atom stereocenters. The average molecular weight is 295 g/mol. The van der Waals surface area contributed by atoms with E-state index in [1.807, 2.05) is 36.7 Å². The molecular formula is C17H21N5. The van der Waals surface area contributed by atoms with Crippen LogP contribution in [0.25, 0.3) is 5.65 Å². The van der Waals surface area contributed by atoms with Crippen LogP contribution in [0.2, 0.25) is 0 Å². The number of rotatable bonds is 6. The highest BCUT2D eigenvalue weighted by atomic mass is 15.3. The van der Waals surface area contributed by atoms with Crippen LogP contribution in [0.15, 0.2) is 48.9 Å². The lowest BCUT2D eigenvalue weighted by Crippen LogP contribution is -2.26. The van der Waals surface area contributed by atoms with Crippen molar-refractivity contribution in [1.82, 2.24) is 24.9 Å². The first kappa shape index (κ1) is 14.7. The fourth-order valence-corrected chi connectivity index (χ4v) is 2.70. The van der Waals surface area contributed by atoms with Gasteiger partial charge in [-0.2, -0.15) is 0 Å². The Morgan fingerprint density at radius 1 is 1.18 bits per heavy atom. The van der Waals surface area contributed by atoms with Crippen LogP contribution in [-0.2, 0) is 0 Å². The van der Waals surface area contributed by atoms with Gasteiger partial charge in [0.1, 0.15) is 0 Å². The minimum absolute atomic E-state index is 0.164. The molecule has 1 N–H and O–H groups in total. The summed E-state index contributed by atoms with van der Waals surface area (Å²) in [5.41, 5.74) is 2.06. The highest BCUT2D eigenvalue weighted by Gasteiger charge is 2.19. The van der Waals surface area contributed by atoms with Gasteiger partial charge in [-0.05, 0) is 37.1 Å². The third kappa shape index (κ3) is 2.99. The fraction of sp³-hybridized carbons (Fsp3) is 0.353. The largest absolute Gasteiger partial charge is 0.301 e. The normalized spacial score (nSPS) is 14.1. The van der Waals surface area contributed by atoms with Crippen LogP contribution < -0.4 is 5.32 Å². The van der Waals surface area contributed by atoms with Gasteiger partial charge < -0.3 is 5.32 Å². The molecule has 5 heteroatoms. The average Bonchev–Trinajstić information content (AvgIpc) is 2.99. The molecule has 114 valence electrons. The van der Waals surface area contributed by atoms with E-state index in [0.717, 1.165) is 24.3 Å². The zero-order valence-corrected chi connectivity index (χ0v) is 13.0. The molecule has 0 radical (unpaired) electrons. The van der Waals surface area contributed by atoms with E-state index in [0.29, 0.717) is 0 Å². The maximum Gasteiger partial charge on any atom is 0.160 e. The molecule has 0 saturated heterocycles. The molecule has 3 aromatic rings. The molecule has 0 fully saturated rings. The topological polar surface area (TPSA) is 55.1 Å². The van der Waals surface area contributed by atoms with Crippen molar-refractivity contribution < 1.29 is 0 Å². The quantitative estimate of drug-likeness (QED) is 0.758. The Balaban J connectivity index is 1.86. The van der Waals surface area contributed by atoms with Crippen LogP contribution in [-0.4, -0.2) is 19.6 Å². The minimum atomic E-state index is 0.164. The Kier molecular flexibility index (Phi) is 4.44. The molecule has 0 aromatic carbocycles. The summed E-state index contributed by atoms with van der Waals surface area (Å²) < 4.78 is 2.06. The minimum Gasteiger partial charge on any atom is -0.301 e. The predicted molar refractivity (Wildman–Crippen MR) is 86.4 cm³/mol. The van der Waals surface area contributed by atoms with Crippen molar-refractivity contribution in [3.05, 3.63) is 60.3 Å². The molecule has 5 nitrogen and oxygen atoms in total. The molecule has 0 bridgehead atoms. The van der Waals surface area contributed by atoms with E-state index in [-0.39, 0.29) is 12.1 Å². The Morgan fingerprint density at radius 3 is 2.86 bits per heavy atom. The Bertz CT molecular complexity index is 722. The summed E-state index contributed by atoms with van der Waals surface area (Å²) >= 11 is 0. The highest BCUT2D eigenvalue weighted by molar-refractivity contribution is 5.37. The fourth-order valence-electron chi connectivity index (χ4n) is 2.70. The van der Waals surface area contributed by atoms with Crippen molar-refractivity contribution in [1.29, 1.82) is 0 Å². The summed E-state index contributed by atoms with van der Waals surface area (Å²) in [7, 11) is 0. The number of pyridine rings is 2. The molecule has 0 aliphatic heterocycles. The van der Waals surface area contributed by atoms with E-state index >= 15 is 0 Å². The van der Waals surface area contributed by atoms with E-state index in [1.165, 1.54) is 5.56 Å². The number of nitrogens with zero attached hydrogens (tertiary/aromatic N) is 4. The number of fused-ring (bicyclic) bond motifs is 1. The summed E-state index contributed by atoms with van der Waals surface area (Å²) in [6.07, 6.45) is 7.82. The van der Waals surface area contributed by atoms with Gasteiger partial charge in [0.05, 0.1) is 6.04 Å². The van der Waals surface area contributed by atoms with E-state index in [4.69, 9.17) is 0 Å². The molecule has 0 aliphatic rings. The van der Waals surface area contributed by atoms with Crippen molar-refractivity contribution in [2.24, 2.45) is 0 Å². The Hall–Kier alpha value is -2.27. The lowest BCUT2D eigenvalue weighted by atomic mass is 10.1. The molecule has 2 unspecified atom stereocenters. The maximum absolute atomic E-state index is 4.40. The highest BCUT2D eigenvalue weighted by Crippen LogP contribution is 2.22. The number of hydrogen-bond acceptors (Lipinski definition) is 4. The van der Waals surface area contributed by atoms with Crippen LogP contribution in [0.1, 0.15) is 50.2 Å². The lowest BCUT2D eigenvalue weighted by molar-refractivity contribution is 0.419. The van der Waals surface area contributed by atoms with E-state index in [9.17, 15) is 0 Å². The number of hydrogen-bond donors (Lipinski definition) is 1. The predicted octanol–water partition coefficient (Wildman–Crippen LogP) is 3.32. The van der Waals surface area contributed by atoms with Crippen LogP contribution >= 0.6 is 0 Å². The molecule has 0 amide bonds. The van der Waals surface area contributed by atoms with Gasteiger partial charge in [0, 0.05) is 24.6 Å². The molecule has 3 aromatic heterocycles. The molecule has 3 heterocycles. The second kappa shape index (κ2) is 6.66. The van der Waals surface area contributed by atoms with Gasteiger partial charge in [-0.1, -0.05) is 25.5 Å². The van der Waals surface area contributed by atoms with Crippen LogP contribution in [0, 0.1) is 0 Å². The van der Waals surface area contributed by atoms with Crippen LogP contribution in [0.3, 0.4) is 0 Å². The van der Waals surface area contributed by atoms with Crippen molar-refractivity contribution in [2.45, 2.75) is 38.8 Å². The zero-order chi connectivity index (χ0) is 15.4. The Morgan fingerprint density at radius 2 is 2.09 bits per heavy atom. The van der Waals surface area contributed by atoms with Gasteiger partial charge in [-0.25, -0.2) is 0 Å². The summed E-state index contributed by atoms with van der Waals surface area (Å²) in [5, 5.41) is 12.3. The second-order valence-corrected chi connectivity index (χ2v) is 5.50. The first-order valence-electron chi connectivity index (χ1n) is 7.75. The monoisotopic (exact) mass is 295 g/mol. The lowest BCUT2D eigenvalue weighted by Gasteiger charge is -2.22. The van der Waals surface area contributed by atoms with Gasteiger partial charge in [0.2, 0.25) is 0 Å². The van der Waals surface area contributed by atoms with Crippen molar-refractivity contribution in [3.63, 3.8) is 0 Å².